The van der Waals surface area contributed by atoms with Gasteiger partial charge in [-0.2, -0.15) is 17.5 Å². The fraction of sp³-hybridized carbons (Fsp3) is 0.286. The maximum Gasteiger partial charge on any atom is 0.416 e. The van der Waals surface area contributed by atoms with Crippen molar-refractivity contribution in [3.8, 4) is 11.8 Å². The Morgan fingerprint density at radius 3 is 2.39 bits per heavy atom. The van der Waals surface area contributed by atoms with Crippen molar-refractivity contribution < 1.29 is 30.8 Å². The van der Waals surface area contributed by atoms with Gasteiger partial charge in [-0.15, -0.1) is 0 Å². The number of nitrogens with zero attached hydrogens (tertiary/aromatic N) is 1. The topological polar surface area (TPSA) is 66.5 Å². The highest BCUT2D eigenvalue weighted by atomic mass is 32.2. The third-order valence-electron chi connectivity index (χ3n) is 4.29. The van der Waals surface area contributed by atoms with Gasteiger partial charge in [0.25, 0.3) is 5.91 Å². The van der Waals surface area contributed by atoms with E-state index in [9.17, 15) is 30.8 Å². The number of benzene rings is 2. The van der Waals surface area contributed by atoms with Crippen molar-refractivity contribution in [2.45, 2.75) is 24.9 Å². The fourth-order valence-electron chi connectivity index (χ4n) is 2.69. The molecule has 166 valence electrons. The minimum atomic E-state index is -4.50. The van der Waals surface area contributed by atoms with Crippen LogP contribution in [-0.4, -0.2) is 38.3 Å². The molecule has 0 fully saturated rings. The highest BCUT2D eigenvalue weighted by Gasteiger charge is 2.30. The van der Waals surface area contributed by atoms with Gasteiger partial charge in [0.05, 0.1) is 22.6 Å². The average molecular weight is 456 g/mol. The van der Waals surface area contributed by atoms with Gasteiger partial charge < -0.3 is 5.32 Å². The third kappa shape index (κ3) is 6.06. The van der Waals surface area contributed by atoms with E-state index in [4.69, 9.17) is 0 Å². The second-order valence-electron chi connectivity index (χ2n) is 6.29. The lowest BCUT2D eigenvalue weighted by molar-refractivity contribution is -0.137. The Labute approximate surface area is 178 Å². The monoisotopic (exact) mass is 456 g/mol. The molecule has 2 rings (SSSR count). The minimum absolute atomic E-state index is 0.0996. The summed E-state index contributed by atoms with van der Waals surface area (Å²) >= 11 is 0. The Kier molecular flexibility index (Phi) is 7.81. The van der Waals surface area contributed by atoms with E-state index in [1.165, 1.54) is 16.4 Å². The average Bonchev–Trinajstić information content (AvgIpc) is 2.71. The van der Waals surface area contributed by atoms with Crippen LogP contribution in [0.15, 0.2) is 47.4 Å². The first kappa shape index (κ1) is 24.4. The van der Waals surface area contributed by atoms with Gasteiger partial charge in [-0.05, 0) is 36.4 Å². The smallest absolute Gasteiger partial charge is 0.341 e. The van der Waals surface area contributed by atoms with E-state index < -0.39 is 39.1 Å². The number of halogens is 4. The number of amides is 1. The minimum Gasteiger partial charge on any atom is -0.341 e. The molecule has 0 saturated carbocycles. The number of rotatable bonds is 6. The van der Waals surface area contributed by atoms with Gasteiger partial charge >= 0.3 is 6.18 Å². The highest BCUT2D eigenvalue weighted by molar-refractivity contribution is 7.89. The molecule has 0 saturated heterocycles. The standard InChI is InChI=1S/C21H20F4N2O3S/c1-3-27(4-2)31(29,30)17-10-11-19(22)18(14-17)20(28)26-12-6-8-15-7-5-9-16(13-15)21(23,24)25/h5,7,9-11,13-14H,3-4,12H2,1-2H3,(H,26,28). The second-order valence-corrected chi connectivity index (χ2v) is 8.23. The van der Waals surface area contributed by atoms with E-state index in [0.717, 1.165) is 30.3 Å². The molecule has 1 N–H and O–H groups in total. The first-order chi connectivity index (χ1) is 14.5. The number of carbonyl (C=O) groups excluding carboxylic acids is 1. The maximum atomic E-state index is 14.1. The van der Waals surface area contributed by atoms with E-state index in [1.54, 1.807) is 13.8 Å². The first-order valence-corrected chi connectivity index (χ1v) is 10.7. The predicted molar refractivity (Wildman–Crippen MR) is 107 cm³/mol. The van der Waals surface area contributed by atoms with Crippen molar-refractivity contribution in [1.29, 1.82) is 0 Å². The number of hydrogen-bond acceptors (Lipinski definition) is 3. The van der Waals surface area contributed by atoms with Crippen LogP contribution in [-0.2, 0) is 16.2 Å². The fourth-order valence-corrected chi connectivity index (χ4v) is 4.18. The molecule has 0 bridgehead atoms. The molecular weight excluding hydrogens is 436 g/mol. The summed E-state index contributed by atoms with van der Waals surface area (Å²) in [5.74, 6) is 3.16. The van der Waals surface area contributed by atoms with E-state index in [0.29, 0.717) is 0 Å². The molecule has 1 amide bonds. The Morgan fingerprint density at radius 1 is 1.10 bits per heavy atom. The number of hydrogen-bond donors (Lipinski definition) is 1. The number of nitrogens with one attached hydrogen (secondary N) is 1. The molecule has 31 heavy (non-hydrogen) atoms. The Morgan fingerprint density at radius 2 is 1.77 bits per heavy atom. The van der Waals surface area contributed by atoms with E-state index in [-0.39, 0.29) is 30.1 Å². The zero-order chi connectivity index (χ0) is 23.2. The van der Waals surface area contributed by atoms with Crippen LogP contribution in [0.5, 0.6) is 0 Å². The van der Waals surface area contributed by atoms with Crippen molar-refractivity contribution in [3.05, 3.63) is 65.0 Å². The second kappa shape index (κ2) is 9.94. The van der Waals surface area contributed by atoms with Crippen LogP contribution >= 0.6 is 0 Å². The van der Waals surface area contributed by atoms with Crippen LogP contribution in [0.1, 0.15) is 35.3 Å². The Hall–Kier alpha value is -2.90. The molecule has 0 aliphatic carbocycles. The van der Waals surface area contributed by atoms with Gasteiger partial charge in [0.1, 0.15) is 5.82 Å². The summed E-state index contributed by atoms with van der Waals surface area (Å²) in [4.78, 5) is 12.1. The quantitative estimate of drug-likeness (QED) is 0.533. The van der Waals surface area contributed by atoms with Crippen molar-refractivity contribution >= 4 is 15.9 Å². The molecule has 0 aliphatic heterocycles. The lowest BCUT2D eigenvalue weighted by Gasteiger charge is -2.18. The molecule has 10 heteroatoms. The Bertz CT molecular complexity index is 1120. The zero-order valence-electron chi connectivity index (χ0n) is 16.8. The van der Waals surface area contributed by atoms with Crippen LogP contribution < -0.4 is 5.32 Å². The van der Waals surface area contributed by atoms with Crippen molar-refractivity contribution in [1.82, 2.24) is 9.62 Å². The lowest BCUT2D eigenvalue weighted by Crippen LogP contribution is -2.31. The van der Waals surface area contributed by atoms with Gasteiger partial charge in [0, 0.05) is 18.7 Å². The molecule has 5 nitrogen and oxygen atoms in total. The predicted octanol–water partition coefficient (Wildman–Crippen LogP) is 3.66. The zero-order valence-corrected chi connectivity index (χ0v) is 17.6. The summed E-state index contributed by atoms with van der Waals surface area (Å²) in [5.41, 5.74) is -1.23. The van der Waals surface area contributed by atoms with E-state index >= 15 is 0 Å². The van der Waals surface area contributed by atoms with Gasteiger partial charge in [-0.1, -0.05) is 31.8 Å². The molecule has 0 aliphatic rings. The van der Waals surface area contributed by atoms with Crippen molar-refractivity contribution in [3.63, 3.8) is 0 Å². The molecule has 0 unspecified atom stereocenters. The summed E-state index contributed by atoms with van der Waals surface area (Å²) < 4.78 is 78.5. The number of alkyl halides is 3. The van der Waals surface area contributed by atoms with Gasteiger partial charge in [0.2, 0.25) is 10.0 Å². The summed E-state index contributed by atoms with van der Waals surface area (Å²) in [5, 5.41) is 2.31. The Balaban J connectivity index is 2.15. The van der Waals surface area contributed by atoms with Crippen molar-refractivity contribution in [2.24, 2.45) is 0 Å². The molecule has 0 radical (unpaired) electrons. The van der Waals surface area contributed by atoms with Gasteiger partial charge in [-0.25, -0.2) is 12.8 Å². The summed E-state index contributed by atoms with van der Waals surface area (Å²) in [7, 11) is -3.88. The molecule has 0 heterocycles. The van der Waals surface area contributed by atoms with Crippen LogP contribution in [0.25, 0.3) is 0 Å². The lowest BCUT2D eigenvalue weighted by atomic mass is 10.1. The first-order valence-electron chi connectivity index (χ1n) is 9.24. The van der Waals surface area contributed by atoms with Gasteiger partial charge in [-0.3, -0.25) is 4.79 Å². The molecule has 0 atom stereocenters. The molecule has 2 aromatic carbocycles. The summed E-state index contributed by atoms with van der Waals surface area (Å²) in [6.07, 6.45) is -4.50. The number of sulfonamides is 1. The molecular formula is C21H20F4N2O3S. The summed E-state index contributed by atoms with van der Waals surface area (Å²) in [6, 6.07) is 7.28. The summed E-state index contributed by atoms with van der Waals surface area (Å²) in [6.45, 7) is 3.45. The van der Waals surface area contributed by atoms with E-state index in [1.807, 2.05) is 0 Å². The SMILES string of the molecule is CCN(CC)S(=O)(=O)c1ccc(F)c(C(=O)NCC#Cc2cccc(C(F)(F)F)c2)c1. The van der Waals surface area contributed by atoms with Crippen LogP contribution in [0.4, 0.5) is 17.6 Å². The largest absolute Gasteiger partial charge is 0.416 e. The van der Waals surface area contributed by atoms with Crippen LogP contribution in [0.3, 0.4) is 0 Å². The van der Waals surface area contributed by atoms with Crippen LogP contribution in [0, 0.1) is 17.7 Å². The van der Waals surface area contributed by atoms with Crippen molar-refractivity contribution in [2.75, 3.05) is 19.6 Å². The van der Waals surface area contributed by atoms with Gasteiger partial charge in [0.15, 0.2) is 0 Å². The third-order valence-corrected chi connectivity index (χ3v) is 6.33. The number of carbonyl (C=O) groups is 1. The maximum absolute atomic E-state index is 14.1. The molecule has 0 aromatic heterocycles. The molecule has 0 spiro atoms. The van der Waals surface area contributed by atoms with E-state index in [2.05, 4.69) is 17.2 Å². The highest BCUT2D eigenvalue weighted by Crippen LogP contribution is 2.29. The molecule has 2 aromatic rings. The normalized spacial score (nSPS) is 11.7. The van der Waals surface area contributed by atoms with Crippen LogP contribution in [0.2, 0.25) is 0 Å².